The zero-order valence-corrected chi connectivity index (χ0v) is 12.4. The molecule has 0 saturated carbocycles. The highest BCUT2D eigenvalue weighted by molar-refractivity contribution is 5.97. The van der Waals surface area contributed by atoms with Gasteiger partial charge in [-0.05, 0) is 55.7 Å². The Hall–Kier alpha value is -2.36. The third-order valence-electron chi connectivity index (χ3n) is 3.58. The van der Waals surface area contributed by atoms with Crippen LogP contribution in [0.4, 0.5) is 10.1 Å². The van der Waals surface area contributed by atoms with Gasteiger partial charge in [0.25, 0.3) is 5.91 Å². The number of rotatable bonds is 3. The van der Waals surface area contributed by atoms with Gasteiger partial charge < -0.3 is 11.1 Å². The van der Waals surface area contributed by atoms with E-state index in [-0.39, 0.29) is 17.8 Å². The first kappa shape index (κ1) is 15.0. The molecular weight excluding hydrogens is 267 g/mol. The predicted molar refractivity (Wildman–Crippen MR) is 82.6 cm³/mol. The molecule has 0 radical (unpaired) electrons. The summed E-state index contributed by atoms with van der Waals surface area (Å²) in [4.78, 5) is 12.3. The summed E-state index contributed by atoms with van der Waals surface area (Å²) >= 11 is 0. The van der Waals surface area contributed by atoms with E-state index in [1.807, 2.05) is 26.8 Å². The SMILES string of the molecule is Cc1cc(C)c(C(=O)NC(C)c2ccc(F)cc2)cc1N. The van der Waals surface area contributed by atoms with Gasteiger partial charge >= 0.3 is 0 Å². The highest BCUT2D eigenvalue weighted by Gasteiger charge is 2.14. The van der Waals surface area contributed by atoms with Crippen LogP contribution in [-0.2, 0) is 0 Å². The number of hydrogen-bond acceptors (Lipinski definition) is 2. The largest absolute Gasteiger partial charge is 0.398 e. The van der Waals surface area contributed by atoms with E-state index in [4.69, 9.17) is 5.73 Å². The van der Waals surface area contributed by atoms with E-state index < -0.39 is 0 Å². The molecule has 2 aromatic rings. The second-order valence-electron chi connectivity index (χ2n) is 5.27. The first-order valence-corrected chi connectivity index (χ1v) is 6.81. The molecule has 3 N–H and O–H groups in total. The Bertz CT molecular complexity index is 665. The van der Waals surface area contributed by atoms with Gasteiger partial charge in [-0.3, -0.25) is 4.79 Å². The van der Waals surface area contributed by atoms with Crippen molar-refractivity contribution in [2.45, 2.75) is 26.8 Å². The summed E-state index contributed by atoms with van der Waals surface area (Å²) in [5.41, 5.74) is 9.71. The summed E-state index contributed by atoms with van der Waals surface area (Å²) in [6.45, 7) is 5.65. The lowest BCUT2D eigenvalue weighted by Crippen LogP contribution is -2.27. The van der Waals surface area contributed by atoms with Crippen molar-refractivity contribution in [3.05, 3.63) is 64.5 Å². The average Bonchev–Trinajstić information content (AvgIpc) is 2.43. The van der Waals surface area contributed by atoms with Crippen LogP contribution in [0.2, 0.25) is 0 Å². The predicted octanol–water partition coefficient (Wildman–Crippen LogP) is 3.52. The molecule has 0 aliphatic carbocycles. The van der Waals surface area contributed by atoms with Crippen molar-refractivity contribution < 1.29 is 9.18 Å². The number of amides is 1. The Balaban J connectivity index is 2.18. The number of carbonyl (C=O) groups excluding carboxylic acids is 1. The summed E-state index contributed by atoms with van der Waals surface area (Å²) in [6.07, 6.45) is 0. The molecule has 110 valence electrons. The molecule has 2 aromatic carbocycles. The van der Waals surface area contributed by atoms with Crippen molar-refractivity contribution in [1.29, 1.82) is 0 Å². The Morgan fingerprint density at radius 2 is 1.76 bits per heavy atom. The van der Waals surface area contributed by atoms with E-state index in [2.05, 4.69) is 5.32 Å². The van der Waals surface area contributed by atoms with Gasteiger partial charge in [0.1, 0.15) is 5.82 Å². The van der Waals surface area contributed by atoms with Crippen molar-refractivity contribution in [3.63, 3.8) is 0 Å². The van der Waals surface area contributed by atoms with Gasteiger partial charge in [0.2, 0.25) is 0 Å². The standard InChI is InChI=1S/C17H19FN2O/c1-10-8-11(2)16(19)9-15(10)17(21)20-12(3)13-4-6-14(18)7-5-13/h4-9,12H,19H2,1-3H3,(H,20,21). The molecule has 0 aliphatic heterocycles. The topological polar surface area (TPSA) is 55.1 Å². The van der Waals surface area contributed by atoms with Crippen LogP contribution in [0.5, 0.6) is 0 Å². The summed E-state index contributed by atoms with van der Waals surface area (Å²) in [7, 11) is 0. The van der Waals surface area contributed by atoms with Gasteiger partial charge in [-0.2, -0.15) is 0 Å². The molecule has 21 heavy (non-hydrogen) atoms. The minimum absolute atomic E-state index is 0.184. The minimum atomic E-state index is -0.292. The van der Waals surface area contributed by atoms with Gasteiger partial charge in [-0.15, -0.1) is 0 Å². The number of halogens is 1. The number of nitrogen functional groups attached to an aromatic ring is 1. The van der Waals surface area contributed by atoms with Crippen molar-refractivity contribution in [2.75, 3.05) is 5.73 Å². The van der Waals surface area contributed by atoms with Crippen LogP contribution in [-0.4, -0.2) is 5.91 Å². The third kappa shape index (κ3) is 3.40. The monoisotopic (exact) mass is 286 g/mol. The molecule has 0 heterocycles. The third-order valence-corrected chi connectivity index (χ3v) is 3.58. The number of hydrogen-bond donors (Lipinski definition) is 2. The molecule has 0 aromatic heterocycles. The molecule has 2 rings (SSSR count). The molecule has 0 fully saturated rings. The lowest BCUT2D eigenvalue weighted by atomic mass is 10.0. The van der Waals surface area contributed by atoms with E-state index in [1.54, 1.807) is 18.2 Å². The second-order valence-corrected chi connectivity index (χ2v) is 5.27. The number of anilines is 1. The Morgan fingerprint density at radius 3 is 2.38 bits per heavy atom. The molecule has 4 heteroatoms. The zero-order valence-electron chi connectivity index (χ0n) is 12.4. The van der Waals surface area contributed by atoms with Crippen molar-refractivity contribution in [1.82, 2.24) is 5.32 Å². The second kappa shape index (κ2) is 5.95. The summed E-state index contributed by atoms with van der Waals surface area (Å²) in [6, 6.07) is 9.47. The van der Waals surface area contributed by atoms with Gasteiger partial charge in [0.05, 0.1) is 6.04 Å². The lowest BCUT2D eigenvalue weighted by molar-refractivity contribution is 0.0939. The van der Waals surface area contributed by atoms with Gasteiger partial charge in [0.15, 0.2) is 0 Å². The number of carbonyl (C=O) groups is 1. The fourth-order valence-corrected chi connectivity index (χ4v) is 2.22. The number of nitrogens with two attached hydrogens (primary N) is 1. The van der Waals surface area contributed by atoms with E-state index in [1.165, 1.54) is 12.1 Å². The van der Waals surface area contributed by atoms with Crippen LogP contribution in [0.25, 0.3) is 0 Å². The van der Waals surface area contributed by atoms with Gasteiger partial charge in [-0.25, -0.2) is 4.39 Å². The van der Waals surface area contributed by atoms with E-state index in [0.29, 0.717) is 11.3 Å². The number of benzene rings is 2. The molecule has 3 nitrogen and oxygen atoms in total. The smallest absolute Gasteiger partial charge is 0.252 e. The maximum absolute atomic E-state index is 12.9. The van der Waals surface area contributed by atoms with Crippen LogP contribution in [0.15, 0.2) is 36.4 Å². The highest BCUT2D eigenvalue weighted by atomic mass is 19.1. The Morgan fingerprint density at radius 1 is 1.14 bits per heavy atom. The zero-order chi connectivity index (χ0) is 15.6. The van der Waals surface area contributed by atoms with E-state index in [9.17, 15) is 9.18 Å². The summed E-state index contributed by atoms with van der Waals surface area (Å²) in [5.74, 6) is -0.476. The fourth-order valence-electron chi connectivity index (χ4n) is 2.22. The molecule has 0 spiro atoms. The molecule has 0 bridgehead atoms. The first-order valence-electron chi connectivity index (χ1n) is 6.81. The van der Waals surface area contributed by atoms with Gasteiger partial charge in [0, 0.05) is 11.3 Å². The summed E-state index contributed by atoms with van der Waals surface area (Å²) < 4.78 is 12.9. The van der Waals surface area contributed by atoms with Gasteiger partial charge in [-0.1, -0.05) is 18.2 Å². The lowest BCUT2D eigenvalue weighted by Gasteiger charge is -2.16. The highest BCUT2D eigenvalue weighted by Crippen LogP contribution is 2.19. The molecule has 1 atom stereocenters. The van der Waals surface area contributed by atoms with Crippen LogP contribution >= 0.6 is 0 Å². The molecular formula is C17H19FN2O. The quantitative estimate of drug-likeness (QED) is 0.848. The van der Waals surface area contributed by atoms with Crippen molar-refractivity contribution >= 4 is 11.6 Å². The Labute approximate surface area is 124 Å². The molecule has 1 unspecified atom stereocenters. The first-order chi connectivity index (χ1) is 9.88. The normalized spacial score (nSPS) is 12.0. The van der Waals surface area contributed by atoms with Crippen LogP contribution in [0.3, 0.4) is 0 Å². The molecule has 0 aliphatic rings. The maximum atomic E-state index is 12.9. The van der Waals surface area contributed by atoms with E-state index >= 15 is 0 Å². The maximum Gasteiger partial charge on any atom is 0.252 e. The van der Waals surface area contributed by atoms with Crippen LogP contribution < -0.4 is 11.1 Å². The van der Waals surface area contributed by atoms with Crippen molar-refractivity contribution in [3.8, 4) is 0 Å². The van der Waals surface area contributed by atoms with Crippen LogP contribution in [0.1, 0.15) is 40.0 Å². The molecule has 0 saturated heterocycles. The van der Waals surface area contributed by atoms with E-state index in [0.717, 1.165) is 16.7 Å². The summed E-state index contributed by atoms with van der Waals surface area (Å²) in [5, 5.41) is 2.90. The fraction of sp³-hybridized carbons (Fsp3) is 0.235. The average molecular weight is 286 g/mol. The minimum Gasteiger partial charge on any atom is -0.398 e. The Kier molecular flexibility index (Phi) is 4.26. The number of aryl methyl sites for hydroxylation is 2. The van der Waals surface area contributed by atoms with Crippen molar-refractivity contribution in [2.24, 2.45) is 0 Å². The molecule has 1 amide bonds. The van der Waals surface area contributed by atoms with Crippen LogP contribution in [0, 0.1) is 19.7 Å². The number of nitrogens with one attached hydrogen (secondary N) is 1.